The Hall–Kier alpha value is -2.94. The Morgan fingerprint density at radius 1 is 1.15 bits per heavy atom. The predicted molar refractivity (Wildman–Crippen MR) is 123 cm³/mol. The first-order chi connectivity index (χ1) is 15.7. The number of halogens is 2. The molecule has 1 aromatic heterocycles. The first-order valence-electron chi connectivity index (χ1n) is 10.8. The van der Waals surface area contributed by atoms with Crippen molar-refractivity contribution in [2.45, 2.75) is 44.9 Å². The van der Waals surface area contributed by atoms with Gasteiger partial charge in [-0.15, -0.1) is 0 Å². The molecule has 0 radical (unpaired) electrons. The van der Waals surface area contributed by atoms with Crippen LogP contribution in [0.1, 0.15) is 44.2 Å². The maximum atomic E-state index is 14.7. The van der Waals surface area contributed by atoms with E-state index in [1.807, 2.05) is 4.68 Å². The van der Waals surface area contributed by atoms with Crippen LogP contribution in [0.5, 0.6) is 0 Å². The Balaban J connectivity index is 1.62. The Morgan fingerprint density at radius 2 is 1.91 bits per heavy atom. The van der Waals surface area contributed by atoms with Crippen molar-refractivity contribution in [3.8, 4) is 11.4 Å². The topological polar surface area (TPSA) is 60.2 Å². The van der Waals surface area contributed by atoms with E-state index in [1.165, 1.54) is 23.1 Å². The number of ether oxygens (including phenoxy) is 1. The van der Waals surface area contributed by atoms with Crippen molar-refractivity contribution in [1.82, 2.24) is 14.8 Å². The smallest absolute Gasteiger partial charge is 0.415 e. The van der Waals surface area contributed by atoms with Crippen LogP contribution >= 0.6 is 11.8 Å². The van der Waals surface area contributed by atoms with Crippen LogP contribution in [0.2, 0.25) is 0 Å². The minimum atomic E-state index is -0.720. The second kappa shape index (κ2) is 8.13. The van der Waals surface area contributed by atoms with E-state index in [-0.39, 0.29) is 24.1 Å². The van der Waals surface area contributed by atoms with Gasteiger partial charge in [0.1, 0.15) is 23.3 Å². The van der Waals surface area contributed by atoms with Crippen LogP contribution in [-0.2, 0) is 11.2 Å². The van der Waals surface area contributed by atoms with E-state index in [0.29, 0.717) is 28.5 Å². The molecule has 33 heavy (non-hydrogen) atoms. The summed E-state index contributed by atoms with van der Waals surface area (Å²) in [7, 11) is 0. The Kier molecular flexibility index (Phi) is 5.39. The Morgan fingerprint density at radius 3 is 2.58 bits per heavy atom. The fourth-order valence-corrected chi connectivity index (χ4v) is 4.85. The number of nitrogens with zero attached hydrogens (tertiary/aromatic N) is 4. The molecular weight excluding hydrogens is 446 g/mol. The van der Waals surface area contributed by atoms with E-state index in [2.05, 4.69) is 0 Å². The van der Waals surface area contributed by atoms with Crippen molar-refractivity contribution in [3.63, 3.8) is 0 Å². The normalized spacial score (nSPS) is 18.2. The third kappa shape index (κ3) is 4.10. The average molecular weight is 471 g/mol. The lowest BCUT2D eigenvalue weighted by Crippen LogP contribution is -2.39. The number of thioether (sulfide) groups is 1. The number of rotatable bonds is 3. The summed E-state index contributed by atoms with van der Waals surface area (Å²) in [5.41, 5.74) is 0.743. The third-order valence-electron chi connectivity index (χ3n) is 5.66. The van der Waals surface area contributed by atoms with Gasteiger partial charge in [0.05, 0.1) is 11.7 Å². The SMILES string of the molecule is CC(C)(C)OC(=O)N1c2cccc(F)c2CC1c1nc(-c2cccc(F)c2)nn1C1CSC1. The van der Waals surface area contributed by atoms with Gasteiger partial charge in [0.2, 0.25) is 0 Å². The molecule has 3 aromatic rings. The number of hydrogen-bond donors (Lipinski definition) is 0. The van der Waals surface area contributed by atoms with E-state index in [4.69, 9.17) is 14.8 Å². The fraction of sp³-hybridized carbons (Fsp3) is 0.375. The van der Waals surface area contributed by atoms with E-state index in [0.717, 1.165) is 11.5 Å². The standard InChI is InChI=1S/C24H24F2N4O2S/c1-24(2,3)32-23(31)29-19-9-5-8-18(26)17(19)11-20(29)22-27-21(14-6-4-7-15(25)10-14)28-30(22)16-12-33-13-16/h4-10,16,20H,11-13H2,1-3H3. The van der Waals surface area contributed by atoms with Gasteiger partial charge in [-0.25, -0.2) is 23.2 Å². The van der Waals surface area contributed by atoms with Gasteiger partial charge in [-0.3, -0.25) is 4.90 Å². The number of benzene rings is 2. The van der Waals surface area contributed by atoms with E-state index in [1.54, 1.807) is 56.8 Å². The summed E-state index contributed by atoms with van der Waals surface area (Å²) in [6, 6.07) is 10.3. The lowest BCUT2D eigenvalue weighted by Gasteiger charge is -2.31. The molecule has 2 aliphatic rings. The van der Waals surface area contributed by atoms with Crippen molar-refractivity contribution >= 4 is 23.5 Å². The quantitative estimate of drug-likeness (QED) is 0.502. The van der Waals surface area contributed by atoms with Crippen LogP contribution in [0.15, 0.2) is 42.5 Å². The Labute approximate surface area is 194 Å². The molecule has 1 saturated heterocycles. The molecule has 5 rings (SSSR count). The van der Waals surface area contributed by atoms with Crippen molar-refractivity contribution in [3.05, 3.63) is 65.5 Å². The summed E-state index contributed by atoms with van der Waals surface area (Å²) < 4.78 is 36.1. The maximum absolute atomic E-state index is 14.7. The van der Waals surface area contributed by atoms with Crippen molar-refractivity contribution in [2.75, 3.05) is 16.4 Å². The molecule has 2 aromatic carbocycles. The molecular formula is C24H24F2N4O2S. The van der Waals surface area contributed by atoms with E-state index >= 15 is 0 Å². The first-order valence-corrected chi connectivity index (χ1v) is 12.0. The zero-order valence-corrected chi connectivity index (χ0v) is 19.4. The number of hydrogen-bond acceptors (Lipinski definition) is 5. The van der Waals surface area contributed by atoms with Gasteiger partial charge in [-0.2, -0.15) is 16.9 Å². The summed E-state index contributed by atoms with van der Waals surface area (Å²) in [6.45, 7) is 5.37. The predicted octanol–water partition coefficient (Wildman–Crippen LogP) is 5.55. The van der Waals surface area contributed by atoms with Gasteiger partial charge in [0, 0.05) is 29.1 Å². The second-order valence-electron chi connectivity index (χ2n) is 9.25. The van der Waals surface area contributed by atoms with Crippen LogP contribution < -0.4 is 4.90 Å². The van der Waals surface area contributed by atoms with Gasteiger partial charge in [-0.05, 0) is 45.0 Å². The second-order valence-corrected chi connectivity index (χ2v) is 10.3. The number of carbonyl (C=O) groups excluding carboxylic acids is 1. The summed E-state index contributed by atoms with van der Waals surface area (Å²) in [4.78, 5) is 19.5. The molecule has 9 heteroatoms. The van der Waals surface area contributed by atoms with Crippen molar-refractivity contribution in [1.29, 1.82) is 0 Å². The molecule has 3 heterocycles. The van der Waals surface area contributed by atoms with Gasteiger partial charge >= 0.3 is 6.09 Å². The van der Waals surface area contributed by atoms with Crippen LogP contribution in [0.4, 0.5) is 19.3 Å². The minimum Gasteiger partial charge on any atom is -0.443 e. The highest BCUT2D eigenvalue weighted by atomic mass is 32.2. The first kappa shape index (κ1) is 21.9. The highest BCUT2D eigenvalue weighted by Crippen LogP contribution is 2.43. The monoisotopic (exact) mass is 470 g/mol. The molecule has 2 aliphatic heterocycles. The molecule has 0 spiro atoms. The van der Waals surface area contributed by atoms with Gasteiger partial charge in [0.25, 0.3) is 0 Å². The molecule has 1 unspecified atom stereocenters. The van der Waals surface area contributed by atoms with Crippen molar-refractivity contribution in [2.24, 2.45) is 0 Å². The molecule has 0 bridgehead atoms. The highest BCUT2D eigenvalue weighted by Gasteiger charge is 2.42. The van der Waals surface area contributed by atoms with Crippen LogP contribution in [-0.4, -0.2) is 38.0 Å². The van der Waals surface area contributed by atoms with E-state index < -0.39 is 17.7 Å². The van der Waals surface area contributed by atoms with Crippen LogP contribution in [0.3, 0.4) is 0 Å². The summed E-state index contributed by atoms with van der Waals surface area (Å²) in [6.07, 6.45) is -0.316. The lowest BCUT2D eigenvalue weighted by atomic mass is 10.1. The number of aromatic nitrogens is 3. The summed E-state index contributed by atoms with van der Waals surface area (Å²) in [5.74, 6) is 1.89. The number of fused-ring (bicyclic) bond motifs is 1. The summed E-state index contributed by atoms with van der Waals surface area (Å²) in [5, 5.41) is 4.69. The van der Waals surface area contributed by atoms with Crippen molar-refractivity contribution < 1.29 is 18.3 Å². The zero-order chi connectivity index (χ0) is 23.3. The molecule has 172 valence electrons. The maximum Gasteiger partial charge on any atom is 0.415 e. The average Bonchev–Trinajstić information content (AvgIpc) is 3.28. The number of amides is 1. The molecule has 1 fully saturated rings. The van der Waals surface area contributed by atoms with E-state index in [9.17, 15) is 13.6 Å². The molecule has 6 nitrogen and oxygen atoms in total. The molecule has 1 amide bonds. The summed E-state index contributed by atoms with van der Waals surface area (Å²) >= 11 is 1.79. The van der Waals surface area contributed by atoms with Gasteiger partial charge < -0.3 is 4.74 Å². The van der Waals surface area contributed by atoms with Gasteiger partial charge in [0.15, 0.2) is 11.6 Å². The number of carbonyl (C=O) groups is 1. The largest absolute Gasteiger partial charge is 0.443 e. The molecule has 0 aliphatic carbocycles. The Bertz CT molecular complexity index is 1220. The van der Waals surface area contributed by atoms with Crippen LogP contribution in [0.25, 0.3) is 11.4 Å². The molecule has 0 N–H and O–H groups in total. The van der Waals surface area contributed by atoms with Gasteiger partial charge in [-0.1, -0.05) is 18.2 Å². The highest BCUT2D eigenvalue weighted by molar-refractivity contribution is 8.00. The molecule has 0 saturated carbocycles. The minimum absolute atomic E-state index is 0.105. The third-order valence-corrected chi connectivity index (χ3v) is 6.90. The lowest BCUT2D eigenvalue weighted by molar-refractivity contribution is 0.0567. The zero-order valence-electron chi connectivity index (χ0n) is 18.6. The number of anilines is 1. The molecule has 1 atom stereocenters. The fourth-order valence-electron chi connectivity index (χ4n) is 4.12. The van der Waals surface area contributed by atoms with Crippen LogP contribution in [0, 0.1) is 11.6 Å².